The number of pyridine rings is 2. The van der Waals surface area contributed by atoms with Crippen molar-refractivity contribution in [3.05, 3.63) is 41.7 Å². The van der Waals surface area contributed by atoms with Crippen LogP contribution in [-0.4, -0.2) is 38.1 Å². The van der Waals surface area contributed by atoms with E-state index >= 15 is 0 Å². The monoisotopic (exact) mass is 364 g/mol. The Kier molecular flexibility index (Phi) is 4.89. The zero-order chi connectivity index (χ0) is 18.0. The van der Waals surface area contributed by atoms with Gasteiger partial charge in [0, 0.05) is 30.6 Å². The lowest BCUT2D eigenvalue weighted by Crippen LogP contribution is -2.37. The molecule has 3 N–H and O–H groups in total. The maximum absolute atomic E-state index is 12.7. The van der Waals surface area contributed by atoms with Crippen molar-refractivity contribution in [2.45, 2.75) is 30.4 Å². The molecular formula is C16H20N4O4S. The van der Waals surface area contributed by atoms with Gasteiger partial charge in [-0.05, 0) is 31.0 Å². The number of aryl methyl sites for hydroxylation is 1. The fourth-order valence-corrected chi connectivity index (χ4v) is 4.19. The van der Waals surface area contributed by atoms with E-state index in [1.807, 2.05) is 6.07 Å². The van der Waals surface area contributed by atoms with Crippen LogP contribution in [0.3, 0.4) is 0 Å². The molecule has 134 valence electrons. The number of hydrogen-bond acceptors (Lipinski definition) is 7. The van der Waals surface area contributed by atoms with Crippen molar-refractivity contribution < 1.29 is 17.9 Å². The van der Waals surface area contributed by atoms with Crippen LogP contribution < -0.4 is 15.2 Å². The number of rotatable bonds is 5. The van der Waals surface area contributed by atoms with Crippen molar-refractivity contribution in [1.29, 1.82) is 0 Å². The summed E-state index contributed by atoms with van der Waals surface area (Å²) >= 11 is 0. The lowest BCUT2D eigenvalue weighted by molar-refractivity contribution is 0.102. The van der Waals surface area contributed by atoms with Crippen LogP contribution >= 0.6 is 0 Å². The van der Waals surface area contributed by atoms with Gasteiger partial charge in [-0.15, -0.1) is 0 Å². The zero-order valence-electron chi connectivity index (χ0n) is 14.0. The topological polar surface area (TPSA) is 116 Å². The second-order valence-electron chi connectivity index (χ2n) is 5.84. The van der Waals surface area contributed by atoms with E-state index < -0.39 is 22.2 Å². The number of ether oxygens (including phenoxy) is 2. The number of nitrogens with one attached hydrogen (secondary N) is 1. The van der Waals surface area contributed by atoms with E-state index in [0.717, 1.165) is 5.56 Å². The molecule has 25 heavy (non-hydrogen) atoms. The molecule has 0 amide bonds. The lowest BCUT2D eigenvalue weighted by Gasteiger charge is -2.20. The largest absolute Gasteiger partial charge is 0.481 e. The average molecular weight is 364 g/mol. The number of hydrogen-bond donors (Lipinski definition) is 2. The van der Waals surface area contributed by atoms with Crippen molar-refractivity contribution in [2.75, 3.05) is 19.5 Å². The Morgan fingerprint density at radius 3 is 2.80 bits per heavy atom. The molecule has 0 radical (unpaired) electrons. The van der Waals surface area contributed by atoms with Crippen molar-refractivity contribution in [3.63, 3.8) is 0 Å². The Morgan fingerprint density at radius 2 is 2.12 bits per heavy atom. The Morgan fingerprint density at radius 1 is 1.32 bits per heavy atom. The molecule has 3 rings (SSSR count). The average Bonchev–Trinajstić information content (AvgIpc) is 3.04. The molecule has 1 aliphatic heterocycles. The second kappa shape index (κ2) is 6.95. The minimum atomic E-state index is -3.81. The van der Waals surface area contributed by atoms with E-state index in [0.29, 0.717) is 24.5 Å². The fraction of sp³-hybridized carbons (Fsp3) is 0.375. The van der Waals surface area contributed by atoms with Crippen LogP contribution in [0, 0.1) is 6.92 Å². The number of nitrogen functional groups attached to an aromatic ring is 1. The fourth-order valence-electron chi connectivity index (χ4n) is 2.75. The van der Waals surface area contributed by atoms with Crippen molar-refractivity contribution in [2.24, 2.45) is 0 Å². The van der Waals surface area contributed by atoms with Gasteiger partial charge in [-0.2, -0.15) is 0 Å². The van der Waals surface area contributed by atoms with Crippen LogP contribution in [0.2, 0.25) is 0 Å². The summed E-state index contributed by atoms with van der Waals surface area (Å²) in [7, 11) is -2.28. The van der Waals surface area contributed by atoms with E-state index in [1.165, 1.54) is 19.4 Å². The molecule has 0 saturated carbocycles. The maximum Gasteiger partial charge on any atom is 0.244 e. The highest BCUT2D eigenvalue weighted by Crippen LogP contribution is 2.31. The predicted molar refractivity (Wildman–Crippen MR) is 91.6 cm³/mol. The Labute approximate surface area is 146 Å². The third-order valence-electron chi connectivity index (χ3n) is 4.00. The Bertz CT molecular complexity index is 855. The molecule has 0 spiro atoms. The first-order chi connectivity index (χ1) is 11.9. The number of nitrogens with zero attached hydrogens (tertiary/aromatic N) is 2. The van der Waals surface area contributed by atoms with Gasteiger partial charge in [0.25, 0.3) is 0 Å². The number of methoxy groups -OCH3 is 1. The maximum atomic E-state index is 12.7. The van der Waals surface area contributed by atoms with Crippen LogP contribution in [0.4, 0.5) is 5.82 Å². The molecule has 8 nitrogen and oxygen atoms in total. The highest BCUT2D eigenvalue weighted by molar-refractivity contribution is 7.89. The van der Waals surface area contributed by atoms with E-state index in [9.17, 15) is 8.42 Å². The van der Waals surface area contributed by atoms with Crippen LogP contribution in [0.1, 0.15) is 23.7 Å². The first-order valence-corrected chi connectivity index (χ1v) is 9.25. The minimum absolute atomic E-state index is 0.0222. The highest BCUT2D eigenvalue weighted by Gasteiger charge is 2.34. The van der Waals surface area contributed by atoms with Crippen LogP contribution in [0.5, 0.6) is 5.88 Å². The molecule has 9 heteroatoms. The van der Waals surface area contributed by atoms with Gasteiger partial charge in [0.05, 0.1) is 13.2 Å². The Balaban J connectivity index is 1.84. The van der Waals surface area contributed by atoms with Gasteiger partial charge in [-0.1, -0.05) is 0 Å². The third kappa shape index (κ3) is 3.73. The summed E-state index contributed by atoms with van der Waals surface area (Å²) < 4.78 is 38.9. The second-order valence-corrected chi connectivity index (χ2v) is 7.52. The standard InChI is InChI=1S/C16H20N4O4S/c1-10-7-13(16(17)19-8-10)25(21,22)20-12-5-6-24-15(12)11-3-4-14(23-2)18-9-11/h3-4,7-9,12,15,20H,5-6H2,1-2H3,(H2,17,19)/t12-,15+/m0/s1. The first kappa shape index (κ1) is 17.6. The number of anilines is 1. The number of nitrogens with two attached hydrogens (primary N) is 1. The molecule has 1 saturated heterocycles. The van der Waals surface area contributed by atoms with Crippen molar-refractivity contribution >= 4 is 15.8 Å². The summed E-state index contributed by atoms with van der Waals surface area (Å²) in [5, 5.41) is 0. The van der Waals surface area contributed by atoms with Crippen LogP contribution in [-0.2, 0) is 14.8 Å². The quantitative estimate of drug-likeness (QED) is 0.818. The van der Waals surface area contributed by atoms with E-state index in [2.05, 4.69) is 14.7 Å². The molecule has 1 aliphatic rings. The summed E-state index contributed by atoms with van der Waals surface area (Å²) in [6, 6.07) is 4.61. The molecule has 0 bridgehead atoms. The molecular weight excluding hydrogens is 344 g/mol. The molecule has 1 fully saturated rings. The van der Waals surface area contributed by atoms with Gasteiger partial charge < -0.3 is 15.2 Å². The SMILES string of the molecule is COc1ccc([C@H]2OCC[C@@H]2NS(=O)(=O)c2cc(C)cnc2N)cn1. The molecule has 3 heterocycles. The van der Waals surface area contributed by atoms with Gasteiger partial charge in [0.1, 0.15) is 16.8 Å². The smallest absolute Gasteiger partial charge is 0.244 e. The predicted octanol–water partition coefficient (Wildman–Crippen LogP) is 1.18. The van der Waals surface area contributed by atoms with Crippen molar-refractivity contribution in [3.8, 4) is 5.88 Å². The number of aromatic nitrogens is 2. The van der Waals surface area contributed by atoms with E-state index in [-0.39, 0.29) is 10.7 Å². The molecule has 0 aliphatic carbocycles. The summed E-state index contributed by atoms with van der Waals surface area (Å²) in [4.78, 5) is 8.04. The summed E-state index contributed by atoms with van der Waals surface area (Å²) in [5.41, 5.74) is 7.24. The van der Waals surface area contributed by atoms with Crippen LogP contribution in [0.25, 0.3) is 0 Å². The minimum Gasteiger partial charge on any atom is -0.481 e. The van der Waals surface area contributed by atoms with Gasteiger partial charge in [-0.25, -0.2) is 23.1 Å². The normalized spacial score (nSPS) is 20.6. The first-order valence-electron chi connectivity index (χ1n) is 7.76. The van der Waals surface area contributed by atoms with E-state index in [4.69, 9.17) is 15.2 Å². The molecule has 2 aromatic heterocycles. The molecule has 2 atom stereocenters. The van der Waals surface area contributed by atoms with Crippen molar-refractivity contribution in [1.82, 2.24) is 14.7 Å². The lowest BCUT2D eigenvalue weighted by atomic mass is 10.1. The summed E-state index contributed by atoms with van der Waals surface area (Å²) in [6.07, 6.45) is 3.28. The van der Waals surface area contributed by atoms with E-state index in [1.54, 1.807) is 19.2 Å². The van der Waals surface area contributed by atoms with Crippen LogP contribution in [0.15, 0.2) is 35.5 Å². The molecule has 0 aromatic carbocycles. The molecule has 0 unspecified atom stereocenters. The van der Waals surface area contributed by atoms with Gasteiger partial charge in [-0.3, -0.25) is 0 Å². The number of sulfonamides is 1. The molecule has 2 aromatic rings. The summed E-state index contributed by atoms with van der Waals surface area (Å²) in [5.74, 6) is 0.456. The van der Waals surface area contributed by atoms with Gasteiger partial charge in [0.15, 0.2) is 0 Å². The van der Waals surface area contributed by atoms with Gasteiger partial charge >= 0.3 is 0 Å². The zero-order valence-corrected chi connectivity index (χ0v) is 14.8. The van der Waals surface area contributed by atoms with Gasteiger partial charge in [0.2, 0.25) is 15.9 Å². The highest BCUT2D eigenvalue weighted by atomic mass is 32.2. The Hall–Kier alpha value is -2.23. The summed E-state index contributed by atoms with van der Waals surface area (Å²) in [6.45, 7) is 2.21. The third-order valence-corrected chi connectivity index (χ3v) is 5.52.